The number of piperazine rings is 1. The highest BCUT2D eigenvalue weighted by atomic mass is 32.1. The molecule has 27 heavy (non-hydrogen) atoms. The third kappa shape index (κ3) is 5.08. The fourth-order valence-corrected chi connectivity index (χ4v) is 3.76. The van der Waals surface area contributed by atoms with Gasteiger partial charge in [0.25, 0.3) is 5.91 Å². The highest BCUT2D eigenvalue weighted by molar-refractivity contribution is 7.12. The second kappa shape index (κ2) is 9.01. The van der Waals surface area contributed by atoms with Crippen LogP contribution in [0.4, 0.5) is 0 Å². The van der Waals surface area contributed by atoms with Crippen molar-refractivity contribution >= 4 is 23.2 Å². The molecule has 0 N–H and O–H groups in total. The first-order valence-corrected chi connectivity index (χ1v) is 9.87. The number of amides is 2. The number of nitrogens with zero attached hydrogens (tertiary/aromatic N) is 3. The van der Waals surface area contributed by atoms with Gasteiger partial charge in [-0.15, -0.1) is 11.3 Å². The van der Waals surface area contributed by atoms with Gasteiger partial charge in [-0.2, -0.15) is 0 Å². The summed E-state index contributed by atoms with van der Waals surface area (Å²) in [6.07, 6.45) is 0. The molecule has 3 rings (SSSR count). The molecule has 1 fully saturated rings. The number of rotatable bonds is 6. The third-order valence-electron chi connectivity index (χ3n) is 4.75. The molecule has 6 nitrogen and oxygen atoms in total. The number of ether oxygens (including phenoxy) is 1. The summed E-state index contributed by atoms with van der Waals surface area (Å²) in [5, 5.41) is 1.92. The van der Waals surface area contributed by atoms with Crippen molar-refractivity contribution in [2.45, 2.75) is 6.54 Å². The Kier molecular flexibility index (Phi) is 6.47. The Bertz CT molecular complexity index is 753. The van der Waals surface area contributed by atoms with Gasteiger partial charge >= 0.3 is 0 Å². The molecule has 0 radical (unpaired) electrons. The smallest absolute Gasteiger partial charge is 0.264 e. The molecular formula is C20H25N3O3S. The quantitative estimate of drug-likeness (QED) is 0.762. The van der Waals surface area contributed by atoms with E-state index in [9.17, 15) is 9.59 Å². The molecule has 0 spiro atoms. The highest BCUT2D eigenvalue weighted by Crippen LogP contribution is 2.15. The molecule has 144 valence electrons. The van der Waals surface area contributed by atoms with E-state index in [2.05, 4.69) is 4.90 Å². The lowest BCUT2D eigenvalue weighted by molar-refractivity contribution is -0.132. The van der Waals surface area contributed by atoms with Crippen LogP contribution >= 0.6 is 11.3 Å². The summed E-state index contributed by atoms with van der Waals surface area (Å²) in [6, 6.07) is 11.5. The predicted molar refractivity (Wildman–Crippen MR) is 106 cm³/mol. The van der Waals surface area contributed by atoms with E-state index in [1.54, 1.807) is 12.0 Å². The molecule has 1 aromatic carbocycles. The average molecular weight is 388 g/mol. The number of methoxy groups -OCH3 is 1. The summed E-state index contributed by atoms with van der Waals surface area (Å²) >= 11 is 1.47. The maximum absolute atomic E-state index is 12.5. The van der Waals surface area contributed by atoms with Crippen molar-refractivity contribution in [3.8, 4) is 5.75 Å². The standard InChI is InChI=1S/C20H25N3O3S/c1-21(14-16-5-7-17(26-2)8-6-16)19(24)15-22-9-11-23(12-10-22)20(25)18-4-3-13-27-18/h3-8,13H,9-12,14-15H2,1-2H3. The molecule has 0 saturated carbocycles. The average Bonchev–Trinajstić information content (AvgIpc) is 3.23. The summed E-state index contributed by atoms with van der Waals surface area (Å²) in [6.45, 7) is 3.71. The van der Waals surface area contributed by atoms with Gasteiger partial charge in [-0.1, -0.05) is 18.2 Å². The Morgan fingerprint density at radius 1 is 1.11 bits per heavy atom. The number of hydrogen-bond donors (Lipinski definition) is 0. The predicted octanol–water partition coefficient (Wildman–Crippen LogP) is 2.17. The van der Waals surface area contributed by atoms with Gasteiger partial charge in [-0.25, -0.2) is 0 Å². The van der Waals surface area contributed by atoms with Gasteiger partial charge in [0.2, 0.25) is 5.91 Å². The second-order valence-corrected chi connectivity index (χ2v) is 7.59. The highest BCUT2D eigenvalue weighted by Gasteiger charge is 2.24. The molecule has 1 saturated heterocycles. The molecule has 2 amide bonds. The van der Waals surface area contributed by atoms with Crippen LogP contribution in [0.1, 0.15) is 15.2 Å². The van der Waals surface area contributed by atoms with Gasteiger partial charge in [0, 0.05) is 39.8 Å². The topological polar surface area (TPSA) is 53.1 Å². The van der Waals surface area contributed by atoms with E-state index in [1.807, 2.05) is 53.7 Å². The lowest BCUT2D eigenvalue weighted by atomic mass is 10.2. The summed E-state index contributed by atoms with van der Waals surface area (Å²) in [4.78, 5) is 31.4. The van der Waals surface area contributed by atoms with Crippen molar-refractivity contribution in [2.24, 2.45) is 0 Å². The minimum Gasteiger partial charge on any atom is -0.497 e. The maximum Gasteiger partial charge on any atom is 0.264 e. The van der Waals surface area contributed by atoms with Crippen LogP contribution in [0, 0.1) is 0 Å². The van der Waals surface area contributed by atoms with Crippen LogP contribution in [0.3, 0.4) is 0 Å². The van der Waals surface area contributed by atoms with Crippen LogP contribution in [0.25, 0.3) is 0 Å². The molecule has 0 unspecified atom stereocenters. The first-order valence-electron chi connectivity index (χ1n) is 8.99. The van der Waals surface area contributed by atoms with Crippen LogP contribution in [-0.4, -0.2) is 73.4 Å². The Labute approximate surface area is 163 Å². The minimum atomic E-state index is 0.0869. The number of carbonyl (C=O) groups is 2. The summed E-state index contributed by atoms with van der Waals surface area (Å²) < 4.78 is 5.16. The molecule has 0 atom stereocenters. The third-order valence-corrected chi connectivity index (χ3v) is 5.61. The van der Waals surface area contributed by atoms with E-state index in [-0.39, 0.29) is 11.8 Å². The van der Waals surface area contributed by atoms with Gasteiger partial charge in [0.15, 0.2) is 0 Å². The molecule has 0 aliphatic carbocycles. The zero-order chi connectivity index (χ0) is 19.2. The van der Waals surface area contributed by atoms with E-state index < -0.39 is 0 Å². The summed E-state index contributed by atoms with van der Waals surface area (Å²) in [5.41, 5.74) is 1.07. The normalized spacial score (nSPS) is 14.8. The van der Waals surface area contributed by atoms with E-state index in [4.69, 9.17) is 4.74 Å². The van der Waals surface area contributed by atoms with Gasteiger partial charge in [-0.05, 0) is 29.1 Å². The fraction of sp³-hybridized carbons (Fsp3) is 0.400. The number of carbonyl (C=O) groups excluding carboxylic acids is 2. The van der Waals surface area contributed by atoms with E-state index >= 15 is 0 Å². The lowest BCUT2D eigenvalue weighted by Crippen LogP contribution is -2.51. The van der Waals surface area contributed by atoms with Crippen molar-refractivity contribution < 1.29 is 14.3 Å². The monoisotopic (exact) mass is 387 g/mol. The summed E-state index contributed by atoms with van der Waals surface area (Å²) in [7, 11) is 3.46. The fourth-order valence-electron chi connectivity index (χ4n) is 3.07. The van der Waals surface area contributed by atoms with Gasteiger partial charge in [0.05, 0.1) is 18.5 Å². The van der Waals surface area contributed by atoms with E-state index in [1.165, 1.54) is 11.3 Å². The van der Waals surface area contributed by atoms with Crippen molar-refractivity contribution in [3.05, 3.63) is 52.2 Å². The van der Waals surface area contributed by atoms with Crippen molar-refractivity contribution in [1.82, 2.24) is 14.7 Å². The van der Waals surface area contributed by atoms with Crippen LogP contribution in [-0.2, 0) is 11.3 Å². The Morgan fingerprint density at radius 2 is 1.81 bits per heavy atom. The number of thiophene rings is 1. The minimum absolute atomic E-state index is 0.0869. The molecular weight excluding hydrogens is 362 g/mol. The zero-order valence-corrected chi connectivity index (χ0v) is 16.6. The van der Waals surface area contributed by atoms with E-state index in [0.717, 1.165) is 29.3 Å². The number of likely N-dealkylation sites (N-methyl/N-ethyl adjacent to an activating group) is 1. The number of hydrogen-bond acceptors (Lipinski definition) is 5. The second-order valence-electron chi connectivity index (χ2n) is 6.64. The molecule has 1 aromatic heterocycles. The largest absolute Gasteiger partial charge is 0.497 e. The first kappa shape index (κ1) is 19.4. The molecule has 2 aromatic rings. The Balaban J connectivity index is 1.45. The Hall–Kier alpha value is -2.38. The van der Waals surface area contributed by atoms with Gasteiger partial charge in [-0.3, -0.25) is 14.5 Å². The van der Waals surface area contributed by atoms with Crippen LogP contribution in [0.2, 0.25) is 0 Å². The molecule has 1 aliphatic heterocycles. The summed E-state index contributed by atoms with van der Waals surface area (Å²) in [5.74, 6) is 0.985. The van der Waals surface area contributed by atoms with Crippen molar-refractivity contribution in [3.63, 3.8) is 0 Å². The van der Waals surface area contributed by atoms with Gasteiger partial charge < -0.3 is 14.5 Å². The molecule has 1 aliphatic rings. The van der Waals surface area contributed by atoms with Crippen molar-refractivity contribution in [1.29, 1.82) is 0 Å². The van der Waals surface area contributed by atoms with Gasteiger partial charge in [0.1, 0.15) is 5.75 Å². The lowest BCUT2D eigenvalue weighted by Gasteiger charge is -2.34. The first-order chi connectivity index (χ1) is 13.1. The number of benzene rings is 1. The Morgan fingerprint density at radius 3 is 2.41 bits per heavy atom. The molecule has 2 heterocycles. The van der Waals surface area contributed by atoms with Crippen molar-refractivity contribution in [2.75, 3.05) is 46.9 Å². The SMILES string of the molecule is COc1ccc(CN(C)C(=O)CN2CCN(C(=O)c3cccs3)CC2)cc1. The van der Waals surface area contributed by atoms with E-state index in [0.29, 0.717) is 26.2 Å². The van der Waals surface area contributed by atoms with Crippen LogP contribution in [0.5, 0.6) is 5.75 Å². The molecule has 7 heteroatoms. The maximum atomic E-state index is 12.5. The van der Waals surface area contributed by atoms with Crippen LogP contribution in [0.15, 0.2) is 41.8 Å². The molecule has 0 bridgehead atoms. The zero-order valence-electron chi connectivity index (χ0n) is 15.8. The van der Waals surface area contributed by atoms with Crippen LogP contribution < -0.4 is 4.74 Å².